The van der Waals surface area contributed by atoms with E-state index in [-0.39, 0.29) is 6.61 Å². The van der Waals surface area contributed by atoms with Gasteiger partial charge in [-0.1, -0.05) is 18.2 Å². The van der Waals surface area contributed by atoms with Crippen molar-refractivity contribution < 1.29 is 4.74 Å². The molecule has 0 heterocycles. The first kappa shape index (κ1) is 14.8. The number of nitriles is 1. The Labute approximate surface area is 121 Å². The predicted octanol–water partition coefficient (Wildman–Crippen LogP) is 2.16. The van der Waals surface area contributed by atoms with Crippen molar-refractivity contribution in [2.24, 2.45) is 0 Å². The van der Waals surface area contributed by atoms with Crippen LogP contribution < -0.4 is 10.1 Å². The Balaban J connectivity index is 1.79. The number of hydrogen-bond donors (Lipinski definition) is 1. The number of benzene rings is 1. The summed E-state index contributed by atoms with van der Waals surface area (Å²) in [6, 6.07) is 11.2. The summed E-state index contributed by atoms with van der Waals surface area (Å²) >= 11 is 0. The SMILES string of the molecule is CC(CNCc1ccccc1OCC#N)N(C)C1CC1. The molecule has 1 fully saturated rings. The van der Waals surface area contributed by atoms with Crippen LogP contribution in [0.5, 0.6) is 5.75 Å². The molecule has 1 aliphatic rings. The van der Waals surface area contributed by atoms with E-state index in [4.69, 9.17) is 10.00 Å². The van der Waals surface area contributed by atoms with E-state index >= 15 is 0 Å². The van der Waals surface area contributed by atoms with Gasteiger partial charge in [0.2, 0.25) is 0 Å². The summed E-state index contributed by atoms with van der Waals surface area (Å²) < 4.78 is 5.43. The van der Waals surface area contributed by atoms with Crippen molar-refractivity contribution in [1.29, 1.82) is 5.26 Å². The van der Waals surface area contributed by atoms with E-state index in [0.29, 0.717) is 6.04 Å². The van der Waals surface area contributed by atoms with Gasteiger partial charge in [-0.2, -0.15) is 5.26 Å². The van der Waals surface area contributed by atoms with Gasteiger partial charge in [0.15, 0.2) is 6.61 Å². The minimum absolute atomic E-state index is 0.0951. The minimum atomic E-state index is 0.0951. The normalized spacial score (nSPS) is 15.9. The van der Waals surface area contributed by atoms with Crippen molar-refractivity contribution in [3.8, 4) is 11.8 Å². The van der Waals surface area contributed by atoms with Gasteiger partial charge in [0, 0.05) is 30.7 Å². The van der Waals surface area contributed by atoms with E-state index < -0.39 is 0 Å². The Morgan fingerprint density at radius 2 is 2.20 bits per heavy atom. The number of para-hydroxylation sites is 1. The lowest BCUT2D eigenvalue weighted by Gasteiger charge is -2.24. The molecule has 0 radical (unpaired) electrons. The van der Waals surface area contributed by atoms with Crippen molar-refractivity contribution in [1.82, 2.24) is 10.2 Å². The highest BCUT2D eigenvalue weighted by Crippen LogP contribution is 2.26. The molecule has 4 nitrogen and oxygen atoms in total. The molecule has 0 spiro atoms. The largest absolute Gasteiger partial charge is 0.478 e. The second kappa shape index (κ2) is 7.28. The number of ether oxygens (including phenoxy) is 1. The van der Waals surface area contributed by atoms with Crippen molar-refractivity contribution in [2.75, 3.05) is 20.2 Å². The van der Waals surface area contributed by atoms with E-state index in [0.717, 1.165) is 30.4 Å². The van der Waals surface area contributed by atoms with Gasteiger partial charge in [0.25, 0.3) is 0 Å². The molecule has 1 aromatic carbocycles. The summed E-state index contributed by atoms with van der Waals surface area (Å²) in [6.45, 7) is 4.07. The minimum Gasteiger partial charge on any atom is -0.478 e. The van der Waals surface area contributed by atoms with Gasteiger partial charge < -0.3 is 10.1 Å². The lowest BCUT2D eigenvalue weighted by atomic mass is 10.2. The molecule has 0 bridgehead atoms. The van der Waals surface area contributed by atoms with Gasteiger partial charge in [-0.15, -0.1) is 0 Å². The Hall–Kier alpha value is -1.57. The fourth-order valence-electron chi connectivity index (χ4n) is 2.30. The standard InChI is InChI=1S/C16H23N3O/c1-13(19(2)15-7-8-15)11-18-12-14-5-3-4-6-16(14)20-10-9-17/h3-6,13,15,18H,7-8,10-12H2,1-2H3. The van der Waals surface area contributed by atoms with Crippen LogP contribution in [-0.2, 0) is 6.54 Å². The number of nitrogens with zero attached hydrogens (tertiary/aromatic N) is 2. The number of likely N-dealkylation sites (N-methyl/N-ethyl adjacent to an activating group) is 1. The third-order valence-corrected chi connectivity index (χ3v) is 3.84. The van der Waals surface area contributed by atoms with Gasteiger partial charge >= 0.3 is 0 Å². The first-order valence-corrected chi connectivity index (χ1v) is 7.22. The molecule has 108 valence electrons. The summed E-state index contributed by atoms with van der Waals surface area (Å²) in [6.07, 6.45) is 2.68. The number of hydrogen-bond acceptors (Lipinski definition) is 4. The van der Waals surface area contributed by atoms with Gasteiger partial charge in [0.05, 0.1) is 0 Å². The van der Waals surface area contributed by atoms with Crippen molar-refractivity contribution in [3.63, 3.8) is 0 Å². The van der Waals surface area contributed by atoms with Crippen LogP contribution >= 0.6 is 0 Å². The highest BCUT2D eigenvalue weighted by molar-refractivity contribution is 5.33. The van der Waals surface area contributed by atoms with E-state index in [1.165, 1.54) is 12.8 Å². The summed E-state index contributed by atoms with van der Waals surface area (Å²) in [5, 5.41) is 12.1. The molecule has 1 aromatic rings. The van der Waals surface area contributed by atoms with E-state index in [9.17, 15) is 0 Å². The van der Waals surface area contributed by atoms with Crippen LogP contribution in [-0.4, -0.2) is 37.2 Å². The fraction of sp³-hybridized carbons (Fsp3) is 0.562. The molecule has 20 heavy (non-hydrogen) atoms. The maximum absolute atomic E-state index is 8.59. The summed E-state index contributed by atoms with van der Waals surface area (Å²) in [5.41, 5.74) is 1.10. The zero-order valence-corrected chi connectivity index (χ0v) is 12.3. The monoisotopic (exact) mass is 273 g/mol. The molecular weight excluding hydrogens is 250 g/mol. The number of rotatable bonds is 8. The maximum Gasteiger partial charge on any atom is 0.174 e. The molecule has 0 saturated heterocycles. The molecular formula is C16H23N3O. The zero-order chi connectivity index (χ0) is 14.4. The Morgan fingerprint density at radius 1 is 1.45 bits per heavy atom. The molecule has 0 aromatic heterocycles. The van der Waals surface area contributed by atoms with Crippen LogP contribution in [0.1, 0.15) is 25.3 Å². The van der Waals surface area contributed by atoms with Crippen LogP contribution in [0.15, 0.2) is 24.3 Å². The summed E-state index contributed by atoms with van der Waals surface area (Å²) in [5.74, 6) is 0.796. The lowest BCUT2D eigenvalue weighted by molar-refractivity contribution is 0.240. The Bertz CT molecular complexity index is 465. The summed E-state index contributed by atoms with van der Waals surface area (Å²) in [4.78, 5) is 2.45. The summed E-state index contributed by atoms with van der Waals surface area (Å²) in [7, 11) is 2.20. The predicted molar refractivity (Wildman–Crippen MR) is 79.5 cm³/mol. The highest BCUT2D eigenvalue weighted by atomic mass is 16.5. The van der Waals surface area contributed by atoms with Crippen LogP contribution in [0, 0.1) is 11.3 Å². The fourth-order valence-corrected chi connectivity index (χ4v) is 2.30. The molecule has 0 amide bonds. The molecule has 0 aliphatic heterocycles. The average Bonchev–Trinajstić information content (AvgIpc) is 3.30. The van der Waals surface area contributed by atoms with Gasteiger partial charge in [-0.3, -0.25) is 4.90 Å². The molecule has 1 N–H and O–H groups in total. The van der Waals surface area contributed by atoms with E-state index in [1.807, 2.05) is 30.3 Å². The third-order valence-electron chi connectivity index (χ3n) is 3.84. The second-order valence-corrected chi connectivity index (χ2v) is 5.43. The van der Waals surface area contributed by atoms with Gasteiger partial charge in [0.1, 0.15) is 11.8 Å². The Morgan fingerprint density at radius 3 is 2.90 bits per heavy atom. The van der Waals surface area contributed by atoms with Crippen molar-refractivity contribution in [2.45, 2.75) is 38.4 Å². The first-order valence-electron chi connectivity index (χ1n) is 7.22. The maximum atomic E-state index is 8.59. The first-order chi connectivity index (χ1) is 9.72. The van der Waals surface area contributed by atoms with Crippen molar-refractivity contribution >= 4 is 0 Å². The van der Waals surface area contributed by atoms with Gasteiger partial charge in [-0.25, -0.2) is 0 Å². The average molecular weight is 273 g/mol. The van der Waals surface area contributed by atoms with Crippen LogP contribution in [0.25, 0.3) is 0 Å². The van der Waals surface area contributed by atoms with Crippen LogP contribution in [0.2, 0.25) is 0 Å². The smallest absolute Gasteiger partial charge is 0.174 e. The molecule has 4 heteroatoms. The van der Waals surface area contributed by atoms with Crippen LogP contribution in [0.4, 0.5) is 0 Å². The van der Waals surface area contributed by atoms with Crippen LogP contribution in [0.3, 0.4) is 0 Å². The van der Waals surface area contributed by atoms with Crippen molar-refractivity contribution in [3.05, 3.63) is 29.8 Å². The molecule has 1 saturated carbocycles. The highest BCUT2D eigenvalue weighted by Gasteiger charge is 2.28. The molecule has 1 aliphatic carbocycles. The molecule has 1 atom stereocenters. The molecule has 2 rings (SSSR count). The van der Waals surface area contributed by atoms with Gasteiger partial charge in [-0.05, 0) is 32.9 Å². The zero-order valence-electron chi connectivity index (χ0n) is 12.3. The lowest BCUT2D eigenvalue weighted by Crippen LogP contribution is -2.38. The quantitative estimate of drug-likeness (QED) is 0.788. The van der Waals surface area contributed by atoms with E-state index in [1.54, 1.807) is 0 Å². The topological polar surface area (TPSA) is 48.3 Å². The third kappa shape index (κ3) is 4.22. The second-order valence-electron chi connectivity index (χ2n) is 5.43. The molecule has 1 unspecified atom stereocenters. The number of nitrogens with one attached hydrogen (secondary N) is 1. The Kier molecular flexibility index (Phi) is 5.40. The van der Waals surface area contributed by atoms with E-state index in [2.05, 4.69) is 24.2 Å².